The highest BCUT2D eigenvalue weighted by Crippen LogP contribution is 2.45. The van der Waals surface area contributed by atoms with Crippen molar-refractivity contribution in [2.75, 3.05) is 6.26 Å². The summed E-state index contributed by atoms with van der Waals surface area (Å²) >= 11 is 3.53. The molecule has 0 aliphatic carbocycles. The molecule has 1 aliphatic rings. The predicted octanol–water partition coefficient (Wildman–Crippen LogP) is 12.9. The molecule has 0 amide bonds. The SMILES string of the molecule is C=C1/C=C\C=C/N=C(c2ccc3ccc4c(-c5cccc(C)c5)cc(-c5cc(C)cc(C)c5)c5ccc2c3c45)N1.CS.Cc1cc(C)cc(C)c1. The Hall–Kier alpha value is -5.38. The molecule has 254 valence electrons. The van der Waals surface area contributed by atoms with Gasteiger partial charge in [0.05, 0.1) is 0 Å². The summed E-state index contributed by atoms with van der Waals surface area (Å²) in [5, 5.41) is 10.9. The highest BCUT2D eigenvalue weighted by molar-refractivity contribution is 7.79. The van der Waals surface area contributed by atoms with Gasteiger partial charge in [0, 0.05) is 17.5 Å². The number of rotatable bonds is 3. The van der Waals surface area contributed by atoms with E-state index in [1.54, 1.807) is 6.26 Å². The fraction of sp³-hybridized carbons (Fsp3) is 0.146. The first-order valence-electron chi connectivity index (χ1n) is 17.4. The van der Waals surface area contributed by atoms with Crippen molar-refractivity contribution in [3.05, 3.63) is 179 Å². The number of hydrogen-bond acceptors (Lipinski definition) is 3. The molecule has 0 saturated carbocycles. The molecule has 1 heterocycles. The van der Waals surface area contributed by atoms with Crippen LogP contribution in [0.15, 0.2) is 145 Å². The Labute approximate surface area is 308 Å². The van der Waals surface area contributed by atoms with Crippen molar-refractivity contribution in [1.82, 2.24) is 5.32 Å². The van der Waals surface area contributed by atoms with Crippen molar-refractivity contribution < 1.29 is 0 Å². The summed E-state index contributed by atoms with van der Waals surface area (Å²) in [4.78, 5) is 4.76. The van der Waals surface area contributed by atoms with Crippen molar-refractivity contribution in [3.63, 3.8) is 0 Å². The van der Waals surface area contributed by atoms with E-state index in [1.807, 2.05) is 24.4 Å². The number of aryl methyl sites for hydroxylation is 6. The molecule has 7 aromatic carbocycles. The Morgan fingerprint density at radius 1 is 0.510 bits per heavy atom. The van der Waals surface area contributed by atoms with E-state index in [0.717, 1.165) is 17.1 Å². The van der Waals surface area contributed by atoms with Crippen LogP contribution in [-0.4, -0.2) is 12.1 Å². The van der Waals surface area contributed by atoms with Crippen LogP contribution in [-0.2, 0) is 0 Å². The third-order valence-corrected chi connectivity index (χ3v) is 9.24. The molecule has 0 aromatic heterocycles. The monoisotopic (exact) mass is 682 g/mol. The third kappa shape index (κ3) is 7.55. The van der Waals surface area contributed by atoms with Gasteiger partial charge in [-0.15, -0.1) is 0 Å². The summed E-state index contributed by atoms with van der Waals surface area (Å²) in [5.74, 6) is 0.803. The van der Waals surface area contributed by atoms with Gasteiger partial charge in [-0.2, -0.15) is 12.6 Å². The largest absolute Gasteiger partial charge is 0.340 e. The van der Waals surface area contributed by atoms with E-state index in [-0.39, 0.29) is 0 Å². The van der Waals surface area contributed by atoms with Crippen LogP contribution in [0.3, 0.4) is 0 Å². The van der Waals surface area contributed by atoms with Gasteiger partial charge >= 0.3 is 0 Å². The number of thiol groups is 1. The van der Waals surface area contributed by atoms with E-state index >= 15 is 0 Å². The van der Waals surface area contributed by atoms with Crippen LogP contribution >= 0.6 is 12.6 Å². The number of nitrogens with one attached hydrogen (secondary N) is 1. The summed E-state index contributed by atoms with van der Waals surface area (Å²) in [7, 11) is 0. The minimum atomic E-state index is 0.803. The average molecular weight is 683 g/mol. The van der Waals surface area contributed by atoms with Gasteiger partial charge in [-0.1, -0.05) is 143 Å². The molecular formula is C48H46N2S. The minimum absolute atomic E-state index is 0.803. The number of nitrogens with zero attached hydrogens (tertiary/aromatic N) is 1. The van der Waals surface area contributed by atoms with Gasteiger partial charge in [0.15, 0.2) is 0 Å². The summed E-state index contributed by atoms with van der Waals surface area (Å²) in [6, 6.07) is 38.2. The molecular weight excluding hydrogens is 637 g/mol. The normalized spacial score (nSPS) is 13.7. The van der Waals surface area contributed by atoms with Gasteiger partial charge in [0.2, 0.25) is 0 Å². The molecule has 0 fully saturated rings. The first-order valence-corrected chi connectivity index (χ1v) is 18.3. The topological polar surface area (TPSA) is 24.4 Å². The van der Waals surface area contributed by atoms with E-state index < -0.39 is 0 Å². The smallest absolute Gasteiger partial charge is 0.138 e. The maximum Gasteiger partial charge on any atom is 0.138 e. The molecule has 3 heteroatoms. The zero-order valence-electron chi connectivity index (χ0n) is 30.7. The van der Waals surface area contributed by atoms with E-state index in [0.29, 0.717) is 0 Å². The summed E-state index contributed by atoms with van der Waals surface area (Å²) in [5.41, 5.74) is 14.8. The van der Waals surface area contributed by atoms with Crippen LogP contribution in [0.4, 0.5) is 0 Å². The Morgan fingerprint density at radius 2 is 1.04 bits per heavy atom. The second-order valence-corrected chi connectivity index (χ2v) is 13.6. The fourth-order valence-corrected chi connectivity index (χ4v) is 7.43. The third-order valence-electron chi connectivity index (χ3n) is 9.24. The van der Waals surface area contributed by atoms with E-state index in [9.17, 15) is 0 Å². The van der Waals surface area contributed by atoms with Gasteiger partial charge in [-0.25, -0.2) is 4.99 Å². The van der Waals surface area contributed by atoms with Gasteiger partial charge in [0.1, 0.15) is 5.84 Å². The molecule has 1 N–H and O–H groups in total. The van der Waals surface area contributed by atoms with Crippen LogP contribution in [0.5, 0.6) is 0 Å². The maximum absolute atomic E-state index is 4.76. The van der Waals surface area contributed by atoms with E-state index in [1.165, 1.54) is 88.0 Å². The van der Waals surface area contributed by atoms with Gasteiger partial charge < -0.3 is 5.32 Å². The van der Waals surface area contributed by atoms with Crippen molar-refractivity contribution >= 4 is 50.8 Å². The Morgan fingerprint density at radius 3 is 1.67 bits per heavy atom. The van der Waals surface area contributed by atoms with Gasteiger partial charge in [0.25, 0.3) is 0 Å². The molecule has 51 heavy (non-hydrogen) atoms. The second kappa shape index (κ2) is 15.2. The predicted molar refractivity (Wildman–Crippen MR) is 228 cm³/mol. The molecule has 7 aromatic rings. The van der Waals surface area contributed by atoms with E-state index in [2.05, 4.69) is 169 Å². The number of allylic oxidation sites excluding steroid dienone is 3. The fourth-order valence-electron chi connectivity index (χ4n) is 7.43. The quantitative estimate of drug-likeness (QED) is 0.141. The highest BCUT2D eigenvalue weighted by atomic mass is 32.1. The Kier molecular flexibility index (Phi) is 10.6. The molecule has 0 unspecified atom stereocenters. The van der Waals surface area contributed by atoms with Crippen LogP contribution in [0.25, 0.3) is 54.6 Å². The zero-order chi connectivity index (χ0) is 36.2. The van der Waals surface area contributed by atoms with Crippen LogP contribution in [0, 0.1) is 41.5 Å². The molecule has 0 spiro atoms. The van der Waals surface area contributed by atoms with Crippen LogP contribution in [0.1, 0.15) is 38.9 Å². The van der Waals surface area contributed by atoms with Crippen molar-refractivity contribution in [2.24, 2.45) is 4.99 Å². The van der Waals surface area contributed by atoms with Crippen molar-refractivity contribution in [1.29, 1.82) is 0 Å². The number of benzene rings is 7. The van der Waals surface area contributed by atoms with Gasteiger partial charge in [-0.3, -0.25) is 0 Å². The standard InChI is InChI=1S/C38H30N2.C9H12.CH4S/c1-23-8-7-10-28(19-23)34-22-35(29-20-24(2)18-25(3)21-29)32-16-15-30-33(38-39-17-6-5-9-26(4)40-38)14-12-27-11-13-31(34)37(32)36(27)30;1-7-4-8(2)6-9(3)5-7;1-2/h5-22H,4H2,1-3H3,(H,39,40);4-6H,1-3H3;2H,1H3/b9-5-,17-6-;;. The maximum atomic E-state index is 4.76. The van der Waals surface area contributed by atoms with Crippen LogP contribution < -0.4 is 5.32 Å². The van der Waals surface area contributed by atoms with Gasteiger partial charge in [-0.05, 0) is 121 Å². The summed E-state index contributed by atoms with van der Waals surface area (Å²) in [6.07, 6.45) is 9.37. The lowest BCUT2D eigenvalue weighted by atomic mass is 9.84. The molecule has 8 rings (SSSR count). The second-order valence-electron chi connectivity index (χ2n) is 13.6. The summed E-state index contributed by atoms with van der Waals surface area (Å²) < 4.78 is 0. The van der Waals surface area contributed by atoms with Crippen molar-refractivity contribution in [3.8, 4) is 22.3 Å². The lowest BCUT2D eigenvalue weighted by Crippen LogP contribution is -2.23. The molecule has 0 atom stereocenters. The Balaban J connectivity index is 0.000000353. The zero-order valence-corrected chi connectivity index (χ0v) is 31.6. The molecule has 0 radical (unpaired) electrons. The number of amidine groups is 1. The number of hydrogen-bond donors (Lipinski definition) is 2. The first kappa shape index (κ1) is 35.4. The highest BCUT2D eigenvalue weighted by Gasteiger charge is 2.19. The minimum Gasteiger partial charge on any atom is -0.340 e. The lowest BCUT2D eigenvalue weighted by Gasteiger charge is -2.20. The molecule has 2 nitrogen and oxygen atoms in total. The first-order chi connectivity index (χ1) is 24.6. The van der Waals surface area contributed by atoms with E-state index in [4.69, 9.17) is 4.99 Å². The molecule has 0 saturated heterocycles. The molecule has 1 aliphatic heterocycles. The van der Waals surface area contributed by atoms with Crippen molar-refractivity contribution in [2.45, 2.75) is 41.5 Å². The average Bonchev–Trinajstić information content (AvgIpc) is 3.08. The Bertz CT molecular complexity index is 2420. The summed E-state index contributed by atoms with van der Waals surface area (Å²) in [6.45, 7) is 17.1. The van der Waals surface area contributed by atoms with Crippen LogP contribution in [0.2, 0.25) is 0 Å². The molecule has 0 bridgehead atoms. The lowest BCUT2D eigenvalue weighted by molar-refractivity contribution is 1.17. The number of aliphatic imine (C=N–C) groups is 1.